The number of hydrogen-bond acceptors (Lipinski definition) is 5. The highest BCUT2D eigenvalue weighted by atomic mass is 35.5. The summed E-state index contributed by atoms with van der Waals surface area (Å²) in [5.41, 5.74) is 6.60. The Kier molecular flexibility index (Phi) is 2.96. The molecule has 2 aromatic rings. The molecule has 0 saturated carbocycles. The zero-order valence-corrected chi connectivity index (χ0v) is 10.8. The predicted molar refractivity (Wildman–Crippen MR) is 72.0 cm³/mol. The number of nitrogens with zero attached hydrogens (tertiary/aromatic N) is 3. The summed E-state index contributed by atoms with van der Waals surface area (Å²) >= 11 is 5.86. The number of aromatic nitrogens is 3. The van der Waals surface area contributed by atoms with E-state index >= 15 is 0 Å². The minimum atomic E-state index is -0.184. The lowest BCUT2D eigenvalue weighted by Gasteiger charge is -2.09. The molecular weight excluding hydrogens is 266 g/mol. The molecule has 3 rings (SSSR count). The van der Waals surface area contributed by atoms with Crippen LogP contribution in [0.4, 0.5) is 5.95 Å². The van der Waals surface area contributed by atoms with Crippen molar-refractivity contribution >= 4 is 17.5 Å². The number of rotatable bonds is 2. The van der Waals surface area contributed by atoms with E-state index in [1.807, 2.05) is 24.3 Å². The molecule has 0 radical (unpaired) electrons. The molecule has 1 aliphatic heterocycles. The predicted octanol–water partition coefficient (Wildman–Crippen LogP) is 0.917. The minimum Gasteiger partial charge on any atom is -0.346 e. The van der Waals surface area contributed by atoms with Crippen LogP contribution in [0.2, 0.25) is 5.02 Å². The first-order valence-corrected chi connectivity index (χ1v) is 6.25. The van der Waals surface area contributed by atoms with Crippen LogP contribution in [0.3, 0.4) is 0 Å². The van der Waals surface area contributed by atoms with Gasteiger partial charge >= 0.3 is 0 Å². The molecule has 1 aromatic carbocycles. The van der Waals surface area contributed by atoms with E-state index in [0.717, 1.165) is 5.56 Å². The van der Waals surface area contributed by atoms with Crippen molar-refractivity contribution in [2.75, 3.05) is 5.32 Å². The maximum absolute atomic E-state index is 12.0. The van der Waals surface area contributed by atoms with Crippen molar-refractivity contribution in [1.82, 2.24) is 14.8 Å². The monoisotopic (exact) mass is 277 g/mol. The maximum Gasteiger partial charge on any atom is 0.278 e. The van der Waals surface area contributed by atoms with E-state index < -0.39 is 0 Å². The van der Waals surface area contributed by atoms with Crippen molar-refractivity contribution < 1.29 is 0 Å². The lowest BCUT2D eigenvalue weighted by Crippen LogP contribution is -2.26. The van der Waals surface area contributed by atoms with Crippen LogP contribution in [0, 0.1) is 0 Å². The number of benzene rings is 1. The van der Waals surface area contributed by atoms with Gasteiger partial charge in [0.2, 0.25) is 5.95 Å². The summed E-state index contributed by atoms with van der Waals surface area (Å²) in [6.45, 7) is 0.607. The summed E-state index contributed by atoms with van der Waals surface area (Å²) in [5, 5.41) is 11.6. The van der Waals surface area contributed by atoms with Gasteiger partial charge in [0.1, 0.15) is 5.69 Å². The van der Waals surface area contributed by atoms with Crippen LogP contribution in [-0.2, 0) is 13.1 Å². The molecule has 19 heavy (non-hydrogen) atoms. The van der Waals surface area contributed by atoms with E-state index in [4.69, 9.17) is 17.3 Å². The molecule has 7 heteroatoms. The highest BCUT2D eigenvalue weighted by molar-refractivity contribution is 6.30. The Balaban J connectivity index is 1.94. The smallest absolute Gasteiger partial charge is 0.278 e. The second-order valence-electron chi connectivity index (χ2n) is 4.34. The van der Waals surface area contributed by atoms with Crippen LogP contribution in [0.1, 0.15) is 17.3 Å². The van der Waals surface area contributed by atoms with Gasteiger partial charge in [-0.15, -0.1) is 10.2 Å². The molecule has 0 amide bonds. The highest BCUT2D eigenvalue weighted by Crippen LogP contribution is 2.26. The molecule has 0 saturated heterocycles. The molecule has 1 aliphatic rings. The number of halogens is 1. The Morgan fingerprint density at radius 3 is 2.79 bits per heavy atom. The average Bonchev–Trinajstić information content (AvgIpc) is 2.85. The standard InChI is InChI=1S/C12H12ClN5O/c13-8-3-1-7(2-4-8)10-6-18-11(19)9(5-14)16-17-12(18)15-10/h1-4,10H,5-6,14H2,(H,15,17)/t10-/m1/s1. The van der Waals surface area contributed by atoms with Gasteiger partial charge in [-0.2, -0.15) is 0 Å². The average molecular weight is 278 g/mol. The van der Waals surface area contributed by atoms with Gasteiger partial charge in [0.25, 0.3) is 5.56 Å². The zero-order valence-electron chi connectivity index (χ0n) is 10.0. The fourth-order valence-corrected chi connectivity index (χ4v) is 2.25. The van der Waals surface area contributed by atoms with Crippen molar-refractivity contribution in [3.63, 3.8) is 0 Å². The number of fused-ring (bicyclic) bond motifs is 1. The number of nitrogens with one attached hydrogen (secondary N) is 1. The van der Waals surface area contributed by atoms with E-state index in [2.05, 4.69) is 15.5 Å². The van der Waals surface area contributed by atoms with Crippen molar-refractivity contribution in [3.05, 3.63) is 50.9 Å². The normalized spacial score (nSPS) is 17.1. The summed E-state index contributed by atoms with van der Waals surface area (Å²) in [6.07, 6.45) is 0. The van der Waals surface area contributed by atoms with Crippen LogP contribution in [0.15, 0.2) is 29.1 Å². The first-order chi connectivity index (χ1) is 9.19. The van der Waals surface area contributed by atoms with Gasteiger partial charge < -0.3 is 11.1 Å². The lowest BCUT2D eigenvalue weighted by atomic mass is 10.1. The van der Waals surface area contributed by atoms with Crippen LogP contribution < -0.4 is 16.6 Å². The molecule has 3 N–H and O–H groups in total. The minimum absolute atomic E-state index is 0.00714. The Hall–Kier alpha value is -1.92. The van der Waals surface area contributed by atoms with Gasteiger partial charge in [0.05, 0.1) is 12.6 Å². The van der Waals surface area contributed by atoms with Crippen molar-refractivity contribution in [2.45, 2.75) is 19.1 Å². The van der Waals surface area contributed by atoms with Crippen molar-refractivity contribution in [3.8, 4) is 0 Å². The van der Waals surface area contributed by atoms with Crippen molar-refractivity contribution in [2.24, 2.45) is 5.73 Å². The molecule has 2 heterocycles. The van der Waals surface area contributed by atoms with Gasteiger partial charge in [0, 0.05) is 11.6 Å². The van der Waals surface area contributed by atoms with E-state index in [1.165, 1.54) is 0 Å². The molecule has 0 fully saturated rings. The van der Waals surface area contributed by atoms with E-state index in [1.54, 1.807) is 4.57 Å². The SMILES string of the molecule is NCc1nnc2n(c1=O)C[C@H](c1ccc(Cl)cc1)N2. The molecule has 0 aliphatic carbocycles. The summed E-state index contributed by atoms with van der Waals surface area (Å²) in [6, 6.07) is 7.48. The summed E-state index contributed by atoms with van der Waals surface area (Å²) < 4.78 is 1.56. The fraction of sp³-hybridized carbons (Fsp3) is 0.250. The van der Waals surface area contributed by atoms with Crippen LogP contribution in [-0.4, -0.2) is 14.8 Å². The van der Waals surface area contributed by atoms with Crippen LogP contribution in [0.5, 0.6) is 0 Å². The molecule has 1 aromatic heterocycles. The van der Waals surface area contributed by atoms with Gasteiger partial charge in [-0.05, 0) is 17.7 Å². The first kappa shape index (κ1) is 12.1. The number of nitrogens with two attached hydrogens (primary N) is 1. The Morgan fingerprint density at radius 2 is 2.11 bits per heavy atom. The van der Waals surface area contributed by atoms with Gasteiger partial charge in [-0.3, -0.25) is 9.36 Å². The Bertz CT molecular complexity index is 667. The Labute approximate surface area is 114 Å². The second-order valence-corrected chi connectivity index (χ2v) is 4.78. The molecule has 98 valence electrons. The Morgan fingerprint density at radius 1 is 1.37 bits per heavy atom. The van der Waals surface area contributed by atoms with Crippen molar-refractivity contribution in [1.29, 1.82) is 0 Å². The third-order valence-electron chi connectivity index (χ3n) is 3.15. The molecule has 0 spiro atoms. The second kappa shape index (κ2) is 4.64. The zero-order chi connectivity index (χ0) is 13.4. The molecule has 0 unspecified atom stereocenters. The van der Waals surface area contributed by atoms with Gasteiger partial charge in [-0.25, -0.2) is 0 Å². The third-order valence-corrected chi connectivity index (χ3v) is 3.40. The third kappa shape index (κ3) is 2.09. The van der Waals surface area contributed by atoms with E-state index in [0.29, 0.717) is 17.5 Å². The van der Waals surface area contributed by atoms with E-state index in [9.17, 15) is 4.79 Å². The number of hydrogen-bond donors (Lipinski definition) is 2. The topological polar surface area (TPSA) is 85.8 Å². The van der Waals surface area contributed by atoms with E-state index in [-0.39, 0.29) is 23.8 Å². The van der Waals surface area contributed by atoms with Crippen LogP contribution >= 0.6 is 11.6 Å². The molecule has 1 atom stereocenters. The first-order valence-electron chi connectivity index (χ1n) is 5.87. The maximum atomic E-state index is 12.0. The van der Waals surface area contributed by atoms with Gasteiger partial charge in [-0.1, -0.05) is 23.7 Å². The summed E-state index contributed by atoms with van der Waals surface area (Å²) in [4.78, 5) is 12.0. The van der Waals surface area contributed by atoms with Gasteiger partial charge in [0.15, 0.2) is 0 Å². The molecule has 6 nitrogen and oxygen atoms in total. The number of anilines is 1. The van der Waals surface area contributed by atoms with Crippen LogP contribution in [0.25, 0.3) is 0 Å². The molecular formula is C12H12ClN5O. The summed E-state index contributed by atoms with van der Waals surface area (Å²) in [5.74, 6) is 0.474. The highest BCUT2D eigenvalue weighted by Gasteiger charge is 2.25. The fourth-order valence-electron chi connectivity index (χ4n) is 2.13. The largest absolute Gasteiger partial charge is 0.346 e. The lowest BCUT2D eigenvalue weighted by molar-refractivity contribution is 0.644. The molecule has 0 bridgehead atoms. The summed E-state index contributed by atoms with van der Waals surface area (Å²) in [7, 11) is 0. The quantitative estimate of drug-likeness (QED) is 0.852.